The number of halogens is 1. The number of H-pyrrole nitrogens is 1. The van der Waals surface area contributed by atoms with Crippen molar-refractivity contribution < 1.29 is 18.7 Å². The fourth-order valence-electron chi connectivity index (χ4n) is 2.40. The zero-order valence-electron chi connectivity index (χ0n) is 13.3. The van der Waals surface area contributed by atoms with Gasteiger partial charge in [-0.05, 0) is 30.3 Å². The highest BCUT2D eigenvalue weighted by Crippen LogP contribution is 2.15. The molecule has 128 valence electrons. The summed E-state index contributed by atoms with van der Waals surface area (Å²) in [6.45, 7) is 0.482. The summed E-state index contributed by atoms with van der Waals surface area (Å²) in [5.74, 6) is -0.330. The second-order valence-corrected chi connectivity index (χ2v) is 5.38. The van der Waals surface area contributed by atoms with E-state index in [-0.39, 0.29) is 23.5 Å². The van der Waals surface area contributed by atoms with Crippen LogP contribution in [0.1, 0.15) is 16.8 Å². The molecule has 0 spiro atoms. The Morgan fingerprint density at radius 1 is 1.04 bits per heavy atom. The third kappa shape index (κ3) is 4.23. The van der Waals surface area contributed by atoms with Crippen molar-refractivity contribution in [3.63, 3.8) is 0 Å². The van der Waals surface area contributed by atoms with Crippen LogP contribution in [0.25, 0.3) is 10.9 Å². The summed E-state index contributed by atoms with van der Waals surface area (Å²) in [6.07, 6.45) is 0.476. The Balaban J connectivity index is 1.55. The molecule has 0 saturated carbocycles. The first-order chi connectivity index (χ1) is 12.1. The predicted molar refractivity (Wildman–Crippen MR) is 91.4 cm³/mol. The van der Waals surface area contributed by atoms with Gasteiger partial charge in [0.05, 0.1) is 18.8 Å². The Bertz CT molecular complexity index is 934. The molecule has 0 unspecified atom stereocenters. The van der Waals surface area contributed by atoms with Crippen molar-refractivity contribution in [3.05, 3.63) is 76.3 Å². The number of esters is 1. The maximum atomic E-state index is 12.8. The van der Waals surface area contributed by atoms with Crippen LogP contribution in [-0.4, -0.2) is 24.2 Å². The number of carbonyl (C=O) groups is 1. The summed E-state index contributed by atoms with van der Waals surface area (Å²) in [6, 6.07) is 14.0. The highest BCUT2D eigenvalue weighted by Gasteiger charge is 2.12. The number of rotatable bonds is 6. The predicted octanol–water partition coefficient (Wildman–Crippen LogP) is 3.29. The monoisotopic (exact) mass is 341 g/mol. The molecule has 0 aliphatic rings. The summed E-state index contributed by atoms with van der Waals surface area (Å²) >= 11 is 0. The molecule has 0 aliphatic carbocycles. The van der Waals surface area contributed by atoms with E-state index in [1.165, 1.54) is 30.3 Å². The van der Waals surface area contributed by atoms with Gasteiger partial charge in [0.15, 0.2) is 0 Å². The Labute approximate surface area is 143 Å². The number of nitrogens with one attached hydrogen (secondary N) is 1. The molecule has 3 aromatic rings. The van der Waals surface area contributed by atoms with E-state index >= 15 is 0 Å². The van der Waals surface area contributed by atoms with Gasteiger partial charge in [0, 0.05) is 23.4 Å². The van der Waals surface area contributed by atoms with Crippen molar-refractivity contribution in [1.29, 1.82) is 0 Å². The minimum atomic E-state index is -0.552. The number of pyridine rings is 1. The van der Waals surface area contributed by atoms with Crippen LogP contribution < -0.4 is 10.3 Å². The van der Waals surface area contributed by atoms with E-state index < -0.39 is 5.97 Å². The molecule has 1 aromatic heterocycles. The van der Waals surface area contributed by atoms with E-state index in [9.17, 15) is 14.0 Å². The van der Waals surface area contributed by atoms with Gasteiger partial charge in [-0.25, -0.2) is 9.18 Å². The maximum absolute atomic E-state index is 12.8. The number of hydrogen-bond donors (Lipinski definition) is 1. The summed E-state index contributed by atoms with van der Waals surface area (Å²) in [5.41, 5.74) is 0.464. The first-order valence-corrected chi connectivity index (χ1v) is 7.81. The highest BCUT2D eigenvalue weighted by molar-refractivity contribution is 6.03. The van der Waals surface area contributed by atoms with E-state index in [2.05, 4.69) is 4.98 Å². The SMILES string of the molecule is O=C(OCCCOc1ccc(F)cc1)c1cc(=O)[nH]c2ccccc12. The van der Waals surface area contributed by atoms with Gasteiger partial charge < -0.3 is 14.5 Å². The molecule has 0 saturated heterocycles. The van der Waals surface area contributed by atoms with E-state index in [1.54, 1.807) is 24.3 Å². The fraction of sp³-hybridized carbons (Fsp3) is 0.158. The minimum absolute atomic E-state index is 0.154. The summed E-state index contributed by atoms with van der Waals surface area (Å²) in [5, 5.41) is 0.634. The number of hydrogen-bond acceptors (Lipinski definition) is 4. The van der Waals surface area contributed by atoms with Gasteiger partial charge in [-0.3, -0.25) is 4.79 Å². The molecule has 5 nitrogen and oxygen atoms in total. The van der Waals surface area contributed by atoms with Crippen molar-refractivity contribution in [2.24, 2.45) is 0 Å². The zero-order chi connectivity index (χ0) is 17.6. The molecule has 1 heterocycles. The van der Waals surface area contributed by atoms with Crippen molar-refractivity contribution in [1.82, 2.24) is 4.98 Å². The van der Waals surface area contributed by atoms with Crippen LogP contribution in [0.3, 0.4) is 0 Å². The van der Waals surface area contributed by atoms with E-state index in [1.807, 2.05) is 0 Å². The topological polar surface area (TPSA) is 68.4 Å². The van der Waals surface area contributed by atoms with Crippen LogP contribution >= 0.6 is 0 Å². The van der Waals surface area contributed by atoms with Gasteiger partial charge in [0.1, 0.15) is 11.6 Å². The molecule has 2 aromatic carbocycles. The molecule has 0 amide bonds. The third-order valence-electron chi connectivity index (χ3n) is 3.57. The number of para-hydroxylation sites is 1. The lowest BCUT2D eigenvalue weighted by Gasteiger charge is -2.08. The van der Waals surface area contributed by atoms with E-state index in [0.29, 0.717) is 29.7 Å². The molecule has 25 heavy (non-hydrogen) atoms. The molecule has 0 fully saturated rings. The molecular formula is C19H16FNO4. The Morgan fingerprint density at radius 3 is 2.60 bits per heavy atom. The Hall–Kier alpha value is -3.15. The molecule has 0 aliphatic heterocycles. The Kier molecular flexibility index (Phi) is 5.09. The smallest absolute Gasteiger partial charge is 0.339 e. The summed E-state index contributed by atoms with van der Waals surface area (Å²) in [7, 11) is 0. The normalized spacial score (nSPS) is 10.6. The number of aromatic amines is 1. The minimum Gasteiger partial charge on any atom is -0.493 e. The maximum Gasteiger partial charge on any atom is 0.339 e. The average Bonchev–Trinajstić information content (AvgIpc) is 2.62. The van der Waals surface area contributed by atoms with E-state index in [0.717, 1.165) is 0 Å². The molecular weight excluding hydrogens is 325 g/mol. The first kappa shape index (κ1) is 16.7. The zero-order valence-corrected chi connectivity index (χ0v) is 13.3. The first-order valence-electron chi connectivity index (χ1n) is 7.81. The lowest BCUT2D eigenvalue weighted by Crippen LogP contribution is -2.14. The van der Waals surface area contributed by atoms with Crippen LogP contribution in [0.5, 0.6) is 5.75 Å². The lowest BCUT2D eigenvalue weighted by atomic mass is 10.1. The van der Waals surface area contributed by atoms with Crippen molar-refractivity contribution in [2.75, 3.05) is 13.2 Å². The molecule has 6 heteroatoms. The molecule has 0 bridgehead atoms. The number of fused-ring (bicyclic) bond motifs is 1. The number of carbonyl (C=O) groups excluding carboxylic acids is 1. The quantitative estimate of drug-likeness (QED) is 0.552. The van der Waals surface area contributed by atoms with Gasteiger partial charge in [-0.1, -0.05) is 18.2 Å². The van der Waals surface area contributed by atoms with Crippen LogP contribution in [0.15, 0.2) is 59.4 Å². The van der Waals surface area contributed by atoms with E-state index in [4.69, 9.17) is 9.47 Å². The van der Waals surface area contributed by atoms with Crippen molar-refractivity contribution >= 4 is 16.9 Å². The van der Waals surface area contributed by atoms with Gasteiger partial charge >= 0.3 is 5.97 Å². The largest absolute Gasteiger partial charge is 0.493 e. The second kappa shape index (κ2) is 7.61. The highest BCUT2D eigenvalue weighted by atomic mass is 19.1. The van der Waals surface area contributed by atoms with Gasteiger partial charge in [-0.2, -0.15) is 0 Å². The van der Waals surface area contributed by atoms with Crippen LogP contribution in [0.4, 0.5) is 4.39 Å². The molecule has 0 atom stereocenters. The van der Waals surface area contributed by atoms with Gasteiger partial charge in [0.25, 0.3) is 0 Å². The third-order valence-corrected chi connectivity index (χ3v) is 3.57. The summed E-state index contributed by atoms with van der Waals surface area (Å²) in [4.78, 5) is 26.6. The van der Waals surface area contributed by atoms with Crippen molar-refractivity contribution in [3.8, 4) is 5.75 Å². The average molecular weight is 341 g/mol. The second-order valence-electron chi connectivity index (χ2n) is 5.38. The molecule has 3 rings (SSSR count). The fourth-order valence-corrected chi connectivity index (χ4v) is 2.40. The number of aromatic nitrogens is 1. The molecule has 0 radical (unpaired) electrons. The van der Waals surface area contributed by atoms with Crippen LogP contribution in [-0.2, 0) is 4.74 Å². The van der Waals surface area contributed by atoms with Crippen LogP contribution in [0.2, 0.25) is 0 Å². The van der Waals surface area contributed by atoms with Gasteiger partial charge in [-0.15, -0.1) is 0 Å². The van der Waals surface area contributed by atoms with Crippen molar-refractivity contribution in [2.45, 2.75) is 6.42 Å². The number of ether oxygens (including phenoxy) is 2. The number of benzene rings is 2. The van der Waals surface area contributed by atoms with Gasteiger partial charge in [0.2, 0.25) is 5.56 Å². The summed E-state index contributed by atoms with van der Waals surface area (Å²) < 4.78 is 23.4. The molecule has 1 N–H and O–H groups in total. The standard InChI is InChI=1S/C19H16FNO4/c20-13-6-8-14(9-7-13)24-10-3-11-25-19(23)16-12-18(22)21-17-5-2-1-4-15(16)17/h1-2,4-9,12H,3,10-11H2,(H,21,22). The van der Waals surface area contributed by atoms with Crippen LogP contribution in [0, 0.1) is 5.82 Å². The Morgan fingerprint density at radius 2 is 1.80 bits per heavy atom. The lowest BCUT2D eigenvalue weighted by molar-refractivity contribution is 0.0488.